The maximum atomic E-state index is 13.6. The van der Waals surface area contributed by atoms with Gasteiger partial charge in [0.2, 0.25) is 5.91 Å². The number of likely N-dealkylation sites (tertiary alicyclic amines) is 1. The third-order valence-electron chi connectivity index (χ3n) is 4.07. The molecule has 1 fully saturated rings. The largest absolute Gasteiger partial charge is 0.340 e. The van der Waals surface area contributed by atoms with Crippen LogP contribution in [0.3, 0.4) is 0 Å². The van der Waals surface area contributed by atoms with Crippen molar-refractivity contribution in [1.29, 1.82) is 0 Å². The lowest BCUT2D eigenvalue weighted by molar-refractivity contribution is -0.131. The maximum absolute atomic E-state index is 13.6. The molecular formula is C16H25ClFN3O. The highest BCUT2D eigenvalue weighted by Crippen LogP contribution is 2.17. The number of carbonyl (C=O) groups excluding carboxylic acids is 1. The molecule has 0 radical (unpaired) electrons. The number of hydrogen-bond acceptors (Lipinski definition) is 3. The van der Waals surface area contributed by atoms with Gasteiger partial charge in [0.15, 0.2) is 0 Å². The Morgan fingerprint density at radius 1 is 1.45 bits per heavy atom. The van der Waals surface area contributed by atoms with Gasteiger partial charge in [0.05, 0.1) is 6.54 Å². The Morgan fingerprint density at radius 3 is 2.86 bits per heavy atom. The van der Waals surface area contributed by atoms with E-state index in [-0.39, 0.29) is 24.1 Å². The molecule has 1 aromatic carbocycles. The number of hydrogen-bond donors (Lipinski definition) is 1. The van der Waals surface area contributed by atoms with Crippen LogP contribution >= 0.6 is 12.4 Å². The Hall–Kier alpha value is -1.17. The van der Waals surface area contributed by atoms with Crippen molar-refractivity contribution in [2.24, 2.45) is 0 Å². The van der Waals surface area contributed by atoms with E-state index in [4.69, 9.17) is 0 Å². The number of likely N-dealkylation sites (N-methyl/N-ethyl adjacent to an activating group) is 2. The van der Waals surface area contributed by atoms with Gasteiger partial charge in [-0.2, -0.15) is 0 Å². The number of halogens is 2. The van der Waals surface area contributed by atoms with Crippen LogP contribution in [0.5, 0.6) is 0 Å². The minimum absolute atomic E-state index is 0. The van der Waals surface area contributed by atoms with Gasteiger partial charge in [-0.15, -0.1) is 12.4 Å². The summed E-state index contributed by atoms with van der Waals surface area (Å²) in [5.41, 5.74) is 0.557. The molecule has 1 N–H and O–H groups in total. The van der Waals surface area contributed by atoms with Gasteiger partial charge < -0.3 is 10.2 Å². The first-order valence-electron chi connectivity index (χ1n) is 7.48. The second-order valence-corrected chi connectivity index (χ2v) is 5.67. The first-order valence-corrected chi connectivity index (χ1v) is 7.48. The second-order valence-electron chi connectivity index (χ2n) is 5.67. The molecule has 0 saturated carbocycles. The quantitative estimate of drug-likeness (QED) is 0.865. The summed E-state index contributed by atoms with van der Waals surface area (Å²) < 4.78 is 13.6. The van der Waals surface area contributed by atoms with E-state index in [0.29, 0.717) is 24.7 Å². The number of nitrogens with zero attached hydrogens (tertiary/aromatic N) is 2. The second kappa shape index (κ2) is 9.08. The molecule has 4 nitrogen and oxygen atoms in total. The molecule has 1 aromatic rings. The number of carbonyl (C=O) groups is 1. The van der Waals surface area contributed by atoms with Crippen LogP contribution in [-0.4, -0.2) is 55.5 Å². The van der Waals surface area contributed by atoms with Gasteiger partial charge in [0.25, 0.3) is 0 Å². The zero-order chi connectivity index (χ0) is 15.2. The molecule has 0 spiro atoms. The summed E-state index contributed by atoms with van der Waals surface area (Å²) in [6.07, 6.45) is 2.27. The number of amides is 1. The van der Waals surface area contributed by atoms with E-state index in [1.165, 1.54) is 6.07 Å². The molecule has 1 aliphatic heterocycles. The smallest absolute Gasteiger partial charge is 0.236 e. The standard InChI is InChI=1S/C16H24FN3O.ClH/c1-18-10-14-7-5-9-20(14)12-16(21)19(2)11-13-6-3-4-8-15(13)17;/h3-4,6,8,14,18H,5,7,9-12H2,1-2H3;1H. The van der Waals surface area contributed by atoms with Crippen LogP contribution in [0.15, 0.2) is 24.3 Å². The number of nitrogens with one attached hydrogen (secondary N) is 1. The molecule has 0 bridgehead atoms. The summed E-state index contributed by atoms with van der Waals surface area (Å²) in [5, 5.41) is 3.17. The van der Waals surface area contributed by atoms with Crippen LogP contribution < -0.4 is 5.32 Å². The summed E-state index contributed by atoms with van der Waals surface area (Å²) in [4.78, 5) is 16.1. The van der Waals surface area contributed by atoms with E-state index in [2.05, 4.69) is 10.2 Å². The lowest BCUT2D eigenvalue weighted by atomic mass is 10.2. The van der Waals surface area contributed by atoms with Gasteiger partial charge in [-0.05, 0) is 32.5 Å². The molecule has 0 aromatic heterocycles. The van der Waals surface area contributed by atoms with Crippen LogP contribution in [0.1, 0.15) is 18.4 Å². The van der Waals surface area contributed by atoms with E-state index in [9.17, 15) is 9.18 Å². The van der Waals surface area contributed by atoms with Crippen molar-refractivity contribution >= 4 is 18.3 Å². The minimum atomic E-state index is -0.258. The predicted octanol–water partition coefficient (Wildman–Crippen LogP) is 1.89. The van der Waals surface area contributed by atoms with Crippen molar-refractivity contribution in [3.63, 3.8) is 0 Å². The van der Waals surface area contributed by atoms with Gasteiger partial charge in [0.1, 0.15) is 5.82 Å². The molecule has 0 aliphatic carbocycles. The summed E-state index contributed by atoms with van der Waals surface area (Å²) in [5.74, 6) is -0.215. The lowest BCUT2D eigenvalue weighted by Gasteiger charge is -2.26. The first-order chi connectivity index (χ1) is 10.1. The van der Waals surface area contributed by atoms with E-state index >= 15 is 0 Å². The highest BCUT2D eigenvalue weighted by Gasteiger charge is 2.26. The third kappa shape index (κ3) is 4.93. The van der Waals surface area contributed by atoms with Crippen LogP contribution in [0, 0.1) is 5.82 Å². The molecule has 1 heterocycles. The Balaban J connectivity index is 0.00000242. The van der Waals surface area contributed by atoms with Crippen LogP contribution in [0.25, 0.3) is 0 Å². The van der Waals surface area contributed by atoms with Crippen LogP contribution in [-0.2, 0) is 11.3 Å². The Labute approximate surface area is 138 Å². The molecule has 1 aliphatic rings. The summed E-state index contributed by atoms with van der Waals surface area (Å²) in [6, 6.07) is 7.03. The summed E-state index contributed by atoms with van der Waals surface area (Å²) in [7, 11) is 3.67. The Bertz CT molecular complexity index is 486. The predicted molar refractivity (Wildman–Crippen MR) is 88.6 cm³/mol. The van der Waals surface area contributed by atoms with Crippen molar-refractivity contribution < 1.29 is 9.18 Å². The van der Waals surface area contributed by atoms with Crippen molar-refractivity contribution in [1.82, 2.24) is 15.1 Å². The average Bonchev–Trinajstić information content (AvgIpc) is 2.89. The maximum Gasteiger partial charge on any atom is 0.236 e. The van der Waals surface area contributed by atoms with Crippen LogP contribution in [0.4, 0.5) is 4.39 Å². The van der Waals surface area contributed by atoms with Crippen LogP contribution in [0.2, 0.25) is 0 Å². The normalized spacial score (nSPS) is 18.0. The van der Waals surface area contributed by atoms with Gasteiger partial charge in [-0.3, -0.25) is 9.69 Å². The highest BCUT2D eigenvalue weighted by molar-refractivity contribution is 5.85. The van der Waals surface area contributed by atoms with E-state index in [1.54, 1.807) is 30.1 Å². The van der Waals surface area contributed by atoms with Crippen molar-refractivity contribution in [2.75, 3.05) is 33.7 Å². The van der Waals surface area contributed by atoms with Crippen molar-refractivity contribution in [3.8, 4) is 0 Å². The molecule has 22 heavy (non-hydrogen) atoms. The zero-order valence-electron chi connectivity index (χ0n) is 13.2. The molecule has 6 heteroatoms. The fourth-order valence-corrected chi connectivity index (χ4v) is 2.83. The Morgan fingerprint density at radius 2 is 2.18 bits per heavy atom. The van der Waals surface area contributed by atoms with Crippen molar-refractivity contribution in [3.05, 3.63) is 35.6 Å². The van der Waals surface area contributed by atoms with Gasteiger partial charge in [0, 0.05) is 31.7 Å². The molecule has 1 saturated heterocycles. The zero-order valence-corrected chi connectivity index (χ0v) is 14.0. The van der Waals surface area contributed by atoms with Gasteiger partial charge in [-0.25, -0.2) is 4.39 Å². The topological polar surface area (TPSA) is 35.6 Å². The average molecular weight is 330 g/mol. The first kappa shape index (κ1) is 18.9. The highest BCUT2D eigenvalue weighted by atomic mass is 35.5. The third-order valence-corrected chi connectivity index (χ3v) is 4.07. The fourth-order valence-electron chi connectivity index (χ4n) is 2.83. The van der Waals surface area contributed by atoms with E-state index < -0.39 is 0 Å². The molecule has 1 atom stereocenters. The Kier molecular flexibility index (Phi) is 7.79. The molecule has 1 amide bonds. The van der Waals surface area contributed by atoms with Gasteiger partial charge >= 0.3 is 0 Å². The summed E-state index contributed by atoms with van der Waals surface area (Å²) >= 11 is 0. The monoisotopic (exact) mass is 329 g/mol. The summed E-state index contributed by atoms with van der Waals surface area (Å²) in [6.45, 7) is 2.60. The molecular weight excluding hydrogens is 305 g/mol. The lowest BCUT2D eigenvalue weighted by Crippen LogP contribution is -2.43. The van der Waals surface area contributed by atoms with Gasteiger partial charge in [-0.1, -0.05) is 18.2 Å². The molecule has 2 rings (SSSR count). The molecule has 1 unspecified atom stereocenters. The number of rotatable bonds is 6. The molecule has 124 valence electrons. The van der Waals surface area contributed by atoms with E-state index in [1.807, 2.05) is 7.05 Å². The number of benzene rings is 1. The fraction of sp³-hybridized carbons (Fsp3) is 0.562. The minimum Gasteiger partial charge on any atom is -0.340 e. The SMILES string of the molecule is CNCC1CCCN1CC(=O)N(C)Cc1ccccc1F.Cl. The van der Waals surface area contributed by atoms with Crippen molar-refractivity contribution in [2.45, 2.75) is 25.4 Å². The van der Waals surface area contributed by atoms with E-state index in [0.717, 1.165) is 25.9 Å².